The van der Waals surface area contributed by atoms with E-state index in [4.69, 9.17) is 9.47 Å². The van der Waals surface area contributed by atoms with E-state index in [1.807, 2.05) is 30.5 Å². The molecule has 1 unspecified atom stereocenters. The minimum Gasteiger partial charge on any atom is -0.494 e. The lowest BCUT2D eigenvalue weighted by Gasteiger charge is -2.23. The number of piperidine rings is 1. The summed E-state index contributed by atoms with van der Waals surface area (Å²) in [7, 11) is 1.46. The normalized spacial score (nSPS) is 16.4. The maximum atomic E-state index is 14.2. The van der Waals surface area contributed by atoms with Crippen molar-refractivity contribution in [3.8, 4) is 34.0 Å². The minimum atomic E-state index is -0.387. The Hall–Kier alpha value is -3.45. The molecule has 2 N–H and O–H groups in total. The van der Waals surface area contributed by atoms with Crippen molar-refractivity contribution in [2.24, 2.45) is 0 Å². The lowest BCUT2D eigenvalue weighted by atomic mass is 10.0. The SMILES string of the molecule is COc1ccc(-c2ccc3[nH]cc(-c4cncc(OC5CCCNC5)n4)c3c2)cc1F. The average Bonchev–Trinajstić information content (AvgIpc) is 3.23. The van der Waals surface area contributed by atoms with Gasteiger partial charge in [-0.2, -0.15) is 0 Å². The maximum absolute atomic E-state index is 14.2. The Bertz CT molecular complexity index is 1220. The van der Waals surface area contributed by atoms with Crippen LogP contribution in [0.4, 0.5) is 4.39 Å². The van der Waals surface area contributed by atoms with Crippen LogP contribution >= 0.6 is 0 Å². The molecule has 0 saturated carbocycles. The van der Waals surface area contributed by atoms with Crippen molar-refractivity contribution in [1.29, 1.82) is 0 Å². The number of methoxy groups -OCH3 is 1. The molecule has 0 aliphatic carbocycles. The van der Waals surface area contributed by atoms with Gasteiger partial charge in [-0.15, -0.1) is 0 Å². The molecule has 1 atom stereocenters. The average molecular weight is 418 g/mol. The van der Waals surface area contributed by atoms with E-state index < -0.39 is 0 Å². The Morgan fingerprint density at radius 2 is 1.97 bits per heavy atom. The van der Waals surface area contributed by atoms with Crippen LogP contribution in [0.25, 0.3) is 33.3 Å². The van der Waals surface area contributed by atoms with Gasteiger partial charge < -0.3 is 19.8 Å². The monoisotopic (exact) mass is 418 g/mol. The first-order chi connectivity index (χ1) is 15.2. The highest BCUT2D eigenvalue weighted by molar-refractivity contribution is 5.97. The van der Waals surface area contributed by atoms with Gasteiger partial charge in [0.2, 0.25) is 5.88 Å². The molecule has 1 saturated heterocycles. The van der Waals surface area contributed by atoms with E-state index in [1.165, 1.54) is 13.2 Å². The lowest BCUT2D eigenvalue weighted by molar-refractivity contribution is 0.160. The van der Waals surface area contributed by atoms with Gasteiger partial charge in [0.15, 0.2) is 11.6 Å². The molecular weight excluding hydrogens is 395 g/mol. The van der Waals surface area contributed by atoms with Crippen LogP contribution in [0.3, 0.4) is 0 Å². The molecule has 31 heavy (non-hydrogen) atoms. The molecule has 0 bridgehead atoms. The summed E-state index contributed by atoms with van der Waals surface area (Å²) in [5.41, 5.74) is 4.30. The van der Waals surface area contributed by atoms with Crippen LogP contribution < -0.4 is 14.8 Å². The number of ether oxygens (including phenoxy) is 2. The first kappa shape index (κ1) is 19.5. The Balaban J connectivity index is 1.48. The number of hydrogen-bond acceptors (Lipinski definition) is 5. The first-order valence-electron chi connectivity index (χ1n) is 10.4. The molecule has 2 aromatic carbocycles. The largest absolute Gasteiger partial charge is 0.494 e. The van der Waals surface area contributed by atoms with Crippen LogP contribution in [-0.4, -0.2) is 41.3 Å². The molecule has 4 aromatic rings. The van der Waals surface area contributed by atoms with Crippen molar-refractivity contribution in [2.45, 2.75) is 18.9 Å². The van der Waals surface area contributed by atoms with E-state index >= 15 is 0 Å². The van der Waals surface area contributed by atoms with Crippen molar-refractivity contribution >= 4 is 10.9 Å². The summed E-state index contributed by atoms with van der Waals surface area (Å²) in [6.45, 7) is 1.85. The van der Waals surface area contributed by atoms with Crippen molar-refractivity contribution < 1.29 is 13.9 Å². The fraction of sp³-hybridized carbons (Fsp3) is 0.250. The summed E-state index contributed by atoms with van der Waals surface area (Å²) in [6, 6.07) is 11.0. The standard InChI is InChI=1S/C24H23FN4O2/c1-30-23-7-5-16(10-20(23)25)15-4-6-21-18(9-15)19(12-28-21)22-13-27-14-24(29-22)31-17-3-2-8-26-11-17/h4-7,9-10,12-14,17,26,28H,2-3,8,11H2,1H3. The maximum Gasteiger partial charge on any atom is 0.233 e. The molecule has 0 radical (unpaired) electrons. The van der Waals surface area contributed by atoms with Crippen LogP contribution in [0.2, 0.25) is 0 Å². The number of aromatic amines is 1. The summed E-state index contributed by atoms with van der Waals surface area (Å²) >= 11 is 0. The Labute approximate surface area is 179 Å². The van der Waals surface area contributed by atoms with Gasteiger partial charge in [-0.1, -0.05) is 12.1 Å². The van der Waals surface area contributed by atoms with Gasteiger partial charge in [0.05, 0.1) is 25.2 Å². The number of aromatic nitrogens is 3. The fourth-order valence-corrected chi connectivity index (χ4v) is 3.98. The topological polar surface area (TPSA) is 72.1 Å². The Morgan fingerprint density at radius 3 is 2.77 bits per heavy atom. The van der Waals surface area contributed by atoms with Crippen LogP contribution in [0, 0.1) is 5.82 Å². The highest BCUT2D eigenvalue weighted by Gasteiger charge is 2.16. The molecule has 1 aliphatic rings. The predicted molar refractivity (Wildman–Crippen MR) is 118 cm³/mol. The summed E-state index contributed by atoms with van der Waals surface area (Å²) in [5.74, 6) is 0.364. The van der Waals surface area contributed by atoms with E-state index in [0.717, 1.165) is 59.2 Å². The number of rotatable bonds is 5. The highest BCUT2D eigenvalue weighted by Crippen LogP contribution is 2.33. The summed E-state index contributed by atoms with van der Waals surface area (Å²) in [4.78, 5) is 12.3. The van der Waals surface area contributed by atoms with Gasteiger partial charge in [-0.3, -0.25) is 4.98 Å². The number of H-pyrrole nitrogens is 1. The molecule has 7 heteroatoms. The number of hydrogen-bond donors (Lipinski definition) is 2. The Morgan fingerprint density at radius 1 is 1.10 bits per heavy atom. The second kappa shape index (κ2) is 8.35. The van der Waals surface area contributed by atoms with Gasteiger partial charge in [0, 0.05) is 29.2 Å². The van der Waals surface area contributed by atoms with Crippen LogP contribution in [0.15, 0.2) is 55.0 Å². The number of nitrogens with zero attached hydrogens (tertiary/aromatic N) is 2. The van der Waals surface area contributed by atoms with Gasteiger partial charge in [-0.05, 0) is 54.8 Å². The minimum absolute atomic E-state index is 0.109. The van der Waals surface area contributed by atoms with Crippen LogP contribution in [0.1, 0.15) is 12.8 Å². The van der Waals surface area contributed by atoms with Gasteiger partial charge >= 0.3 is 0 Å². The first-order valence-corrected chi connectivity index (χ1v) is 10.4. The third kappa shape index (κ3) is 3.96. The van der Waals surface area contributed by atoms with E-state index in [-0.39, 0.29) is 17.7 Å². The van der Waals surface area contributed by atoms with Crippen molar-refractivity contribution in [1.82, 2.24) is 20.3 Å². The van der Waals surface area contributed by atoms with Crippen molar-refractivity contribution in [3.05, 3.63) is 60.8 Å². The van der Waals surface area contributed by atoms with Crippen molar-refractivity contribution in [3.63, 3.8) is 0 Å². The smallest absolute Gasteiger partial charge is 0.233 e. The zero-order valence-corrected chi connectivity index (χ0v) is 17.2. The number of nitrogens with one attached hydrogen (secondary N) is 2. The van der Waals surface area contributed by atoms with Crippen molar-refractivity contribution in [2.75, 3.05) is 20.2 Å². The number of fused-ring (bicyclic) bond motifs is 1. The van der Waals surface area contributed by atoms with E-state index in [2.05, 4.69) is 20.3 Å². The van der Waals surface area contributed by atoms with E-state index in [9.17, 15) is 4.39 Å². The zero-order valence-electron chi connectivity index (χ0n) is 17.2. The second-order valence-electron chi connectivity index (χ2n) is 7.64. The molecule has 6 nitrogen and oxygen atoms in total. The van der Waals surface area contributed by atoms with Crippen LogP contribution in [-0.2, 0) is 0 Å². The summed E-state index contributed by atoms with van der Waals surface area (Å²) in [6.07, 6.45) is 7.51. The predicted octanol–water partition coefficient (Wildman–Crippen LogP) is 4.57. The fourth-order valence-electron chi connectivity index (χ4n) is 3.98. The zero-order chi connectivity index (χ0) is 21.2. The third-order valence-electron chi connectivity index (χ3n) is 5.59. The molecule has 3 heterocycles. The number of benzene rings is 2. The molecular formula is C24H23FN4O2. The van der Waals surface area contributed by atoms with Gasteiger partial charge in [0.25, 0.3) is 0 Å². The second-order valence-corrected chi connectivity index (χ2v) is 7.64. The molecule has 5 rings (SSSR count). The van der Waals surface area contributed by atoms with Crippen LogP contribution in [0.5, 0.6) is 11.6 Å². The molecule has 1 aliphatic heterocycles. The van der Waals surface area contributed by atoms with Gasteiger partial charge in [-0.25, -0.2) is 9.37 Å². The quantitative estimate of drug-likeness (QED) is 0.497. The highest BCUT2D eigenvalue weighted by atomic mass is 19.1. The number of halogens is 1. The summed E-state index contributed by atoms with van der Waals surface area (Å²) < 4.78 is 25.3. The summed E-state index contributed by atoms with van der Waals surface area (Å²) in [5, 5.41) is 4.33. The van der Waals surface area contributed by atoms with E-state index in [0.29, 0.717) is 5.88 Å². The molecule has 0 spiro atoms. The van der Waals surface area contributed by atoms with E-state index in [1.54, 1.807) is 18.5 Å². The molecule has 158 valence electrons. The molecule has 1 fully saturated rings. The Kier molecular flexibility index (Phi) is 5.26. The molecule has 0 amide bonds. The molecule has 2 aromatic heterocycles. The van der Waals surface area contributed by atoms with Gasteiger partial charge in [0.1, 0.15) is 6.10 Å². The third-order valence-corrected chi connectivity index (χ3v) is 5.59. The lowest BCUT2D eigenvalue weighted by Crippen LogP contribution is -2.37.